The summed E-state index contributed by atoms with van der Waals surface area (Å²) in [6.45, 7) is 2.50. The summed E-state index contributed by atoms with van der Waals surface area (Å²) in [5, 5.41) is 19.5. The number of rotatable bonds is 8. The van der Waals surface area contributed by atoms with Crippen molar-refractivity contribution in [3.05, 3.63) is 77.4 Å². The first-order valence-electron chi connectivity index (χ1n) is 12.6. The Bertz CT molecular complexity index is 1550. The van der Waals surface area contributed by atoms with E-state index in [9.17, 15) is 28.6 Å². The Morgan fingerprint density at radius 3 is 2.44 bits per heavy atom. The molecule has 1 aromatic heterocycles. The largest absolute Gasteiger partial charge is 0.478 e. The van der Waals surface area contributed by atoms with Crippen LogP contribution in [0.25, 0.3) is 22.2 Å². The molecule has 5 rings (SSSR count). The zero-order valence-electron chi connectivity index (χ0n) is 21.2. The van der Waals surface area contributed by atoms with Crippen LogP contribution in [0.1, 0.15) is 46.0 Å². The lowest BCUT2D eigenvalue weighted by molar-refractivity contribution is -0.0116. The van der Waals surface area contributed by atoms with Crippen molar-refractivity contribution in [2.75, 3.05) is 24.6 Å². The summed E-state index contributed by atoms with van der Waals surface area (Å²) in [6, 6.07) is 17.0. The molecule has 0 bridgehead atoms. The summed E-state index contributed by atoms with van der Waals surface area (Å²) in [7, 11) is 0. The Morgan fingerprint density at radius 2 is 1.77 bits per heavy atom. The minimum atomic E-state index is -2.79. The zero-order chi connectivity index (χ0) is 27.7. The van der Waals surface area contributed by atoms with Gasteiger partial charge in [0.05, 0.1) is 41.9 Å². The number of ether oxygens (including phenoxy) is 1. The van der Waals surface area contributed by atoms with E-state index in [1.54, 1.807) is 45.9 Å². The third kappa shape index (κ3) is 5.27. The van der Waals surface area contributed by atoms with Gasteiger partial charge in [-0.15, -0.1) is 0 Å². The predicted octanol–water partition coefficient (Wildman–Crippen LogP) is 5.78. The molecule has 0 amide bonds. The van der Waals surface area contributed by atoms with Gasteiger partial charge in [0.25, 0.3) is 11.9 Å². The van der Waals surface area contributed by atoms with E-state index in [0.717, 1.165) is 5.56 Å². The van der Waals surface area contributed by atoms with Crippen LogP contribution in [-0.2, 0) is 6.54 Å². The first-order valence-corrected chi connectivity index (χ1v) is 12.6. The molecule has 1 fully saturated rings. The highest BCUT2D eigenvalue weighted by atomic mass is 19.3. The van der Waals surface area contributed by atoms with Crippen LogP contribution in [0, 0.1) is 0 Å². The number of anilines is 1. The van der Waals surface area contributed by atoms with Gasteiger partial charge in [-0.3, -0.25) is 4.57 Å². The van der Waals surface area contributed by atoms with Crippen LogP contribution in [-0.4, -0.2) is 57.3 Å². The number of carboxylic acid groups (broad SMARTS) is 2. The van der Waals surface area contributed by atoms with Gasteiger partial charge in [-0.25, -0.2) is 18.4 Å². The van der Waals surface area contributed by atoms with Crippen LogP contribution in [0.2, 0.25) is 0 Å². The molecule has 3 aromatic carbocycles. The summed E-state index contributed by atoms with van der Waals surface area (Å²) >= 11 is 0. The average Bonchev–Trinajstić information content (AvgIpc) is 3.25. The minimum absolute atomic E-state index is 0.0700. The fourth-order valence-corrected chi connectivity index (χ4v) is 5.04. The number of imidazole rings is 1. The molecular formula is C29H27F2N3O5. The molecule has 0 aliphatic carbocycles. The van der Waals surface area contributed by atoms with E-state index in [-0.39, 0.29) is 24.1 Å². The van der Waals surface area contributed by atoms with Gasteiger partial charge in [0.15, 0.2) is 0 Å². The molecule has 10 heteroatoms. The summed E-state index contributed by atoms with van der Waals surface area (Å²) in [5.41, 5.74) is 3.52. The van der Waals surface area contributed by atoms with Crippen molar-refractivity contribution < 1.29 is 33.3 Å². The normalized spacial score (nSPS) is 14.9. The van der Waals surface area contributed by atoms with Crippen molar-refractivity contribution in [3.8, 4) is 17.1 Å². The predicted molar refractivity (Wildman–Crippen MR) is 142 cm³/mol. The monoisotopic (exact) mass is 535 g/mol. The summed E-state index contributed by atoms with van der Waals surface area (Å²) < 4.78 is 35.5. The van der Waals surface area contributed by atoms with Crippen LogP contribution < -0.4 is 9.64 Å². The Hall–Kier alpha value is -4.47. The van der Waals surface area contributed by atoms with Crippen molar-refractivity contribution in [3.63, 3.8) is 0 Å². The number of carbonyl (C=O) groups is 2. The maximum absolute atomic E-state index is 14.0. The number of hydrogen-bond acceptors (Lipinski definition) is 5. The molecule has 0 atom stereocenters. The van der Waals surface area contributed by atoms with Crippen molar-refractivity contribution in [2.24, 2.45) is 0 Å². The molecule has 39 heavy (non-hydrogen) atoms. The van der Waals surface area contributed by atoms with Crippen molar-refractivity contribution in [1.82, 2.24) is 9.55 Å². The average molecular weight is 536 g/mol. The molecule has 1 aliphatic rings. The molecular weight excluding hydrogens is 508 g/mol. The van der Waals surface area contributed by atoms with Crippen LogP contribution in [0.3, 0.4) is 0 Å². The second kappa shape index (κ2) is 10.4. The highest BCUT2D eigenvalue weighted by molar-refractivity contribution is 6.01. The molecule has 2 N–H and O–H groups in total. The van der Waals surface area contributed by atoms with E-state index in [1.165, 1.54) is 12.1 Å². The second-order valence-corrected chi connectivity index (χ2v) is 9.51. The van der Waals surface area contributed by atoms with E-state index in [0.29, 0.717) is 53.4 Å². The first-order chi connectivity index (χ1) is 18.7. The van der Waals surface area contributed by atoms with Gasteiger partial charge in [-0.2, -0.15) is 4.98 Å². The Balaban J connectivity index is 1.50. The number of fused-ring (bicyclic) bond motifs is 1. The maximum atomic E-state index is 14.0. The molecule has 0 unspecified atom stereocenters. The van der Waals surface area contributed by atoms with Gasteiger partial charge >= 0.3 is 11.9 Å². The number of nitrogens with zero attached hydrogens (tertiary/aromatic N) is 3. The number of alkyl halides is 2. The zero-order valence-corrected chi connectivity index (χ0v) is 21.2. The number of benzene rings is 3. The molecule has 1 aliphatic heterocycles. The molecule has 1 saturated heterocycles. The smallest absolute Gasteiger partial charge is 0.337 e. The van der Waals surface area contributed by atoms with Gasteiger partial charge in [0, 0.05) is 18.7 Å². The number of aromatic carboxylic acids is 2. The van der Waals surface area contributed by atoms with E-state index in [2.05, 4.69) is 4.98 Å². The van der Waals surface area contributed by atoms with Crippen molar-refractivity contribution in [2.45, 2.75) is 32.2 Å². The molecule has 8 nitrogen and oxygen atoms in total. The number of aromatic nitrogens is 2. The number of halogens is 2. The quantitative estimate of drug-likeness (QED) is 0.295. The lowest BCUT2D eigenvalue weighted by Gasteiger charge is -2.34. The van der Waals surface area contributed by atoms with Gasteiger partial charge in [-0.1, -0.05) is 30.3 Å². The number of hydrogen-bond donors (Lipinski definition) is 2. The summed E-state index contributed by atoms with van der Waals surface area (Å²) in [4.78, 5) is 29.9. The Labute approximate surface area is 223 Å². The van der Waals surface area contributed by atoms with Crippen LogP contribution in [0.5, 0.6) is 6.01 Å². The van der Waals surface area contributed by atoms with Crippen molar-refractivity contribution in [1.29, 1.82) is 0 Å². The summed E-state index contributed by atoms with van der Waals surface area (Å²) in [6.07, 6.45) is 0.199. The first kappa shape index (κ1) is 26.1. The van der Waals surface area contributed by atoms with Crippen LogP contribution in [0.15, 0.2) is 60.7 Å². The molecule has 0 radical (unpaired) electrons. The molecule has 4 aromatic rings. The maximum Gasteiger partial charge on any atom is 0.337 e. The molecule has 2 heterocycles. The molecule has 202 valence electrons. The lowest BCUT2D eigenvalue weighted by atomic mass is 9.97. The third-order valence-corrected chi connectivity index (χ3v) is 6.83. The minimum Gasteiger partial charge on any atom is -0.478 e. The third-order valence-electron chi connectivity index (χ3n) is 6.83. The standard InChI is InChI=1S/C29H27F2N3O5/c1-2-39-28-32-24-6-3-5-22(27(37)38)25(24)34(28)16-18-7-9-19(10-8-18)23-15-20(11-12-21(23)26(35)36)33-14-4-13-29(30,31)17-33/h3,5-12,15H,2,4,13-14,16-17H2,1H3,(H,35,36)(H,37,38). The summed E-state index contributed by atoms with van der Waals surface area (Å²) in [5.74, 6) is -4.98. The van der Waals surface area contributed by atoms with Gasteiger partial charge in [-0.05, 0) is 60.4 Å². The number of para-hydroxylation sites is 1. The lowest BCUT2D eigenvalue weighted by Crippen LogP contribution is -2.42. The molecule has 0 spiro atoms. The Kier molecular flexibility index (Phi) is 6.94. The second-order valence-electron chi connectivity index (χ2n) is 9.51. The fourth-order valence-electron chi connectivity index (χ4n) is 5.04. The fraction of sp³-hybridized carbons (Fsp3) is 0.276. The van der Waals surface area contributed by atoms with Crippen LogP contribution in [0.4, 0.5) is 14.5 Å². The van der Waals surface area contributed by atoms with E-state index < -0.39 is 24.4 Å². The van der Waals surface area contributed by atoms with Crippen molar-refractivity contribution >= 4 is 28.7 Å². The highest BCUT2D eigenvalue weighted by Crippen LogP contribution is 2.34. The van der Waals surface area contributed by atoms with E-state index >= 15 is 0 Å². The van der Waals surface area contributed by atoms with Gasteiger partial charge in [0.2, 0.25) is 0 Å². The van der Waals surface area contributed by atoms with Gasteiger partial charge < -0.3 is 19.8 Å². The number of piperidine rings is 1. The van der Waals surface area contributed by atoms with E-state index in [4.69, 9.17) is 4.74 Å². The Morgan fingerprint density at radius 1 is 1.03 bits per heavy atom. The van der Waals surface area contributed by atoms with Crippen LogP contribution >= 0.6 is 0 Å². The van der Waals surface area contributed by atoms with E-state index in [1.807, 2.05) is 19.1 Å². The topological polar surface area (TPSA) is 105 Å². The van der Waals surface area contributed by atoms with Gasteiger partial charge in [0.1, 0.15) is 0 Å². The molecule has 0 saturated carbocycles. The highest BCUT2D eigenvalue weighted by Gasteiger charge is 2.35. The number of carboxylic acids is 2. The SMILES string of the molecule is CCOc1nc2cccc(C(=O)O)c2n1Cc1ccc(-c2cc(N3CCCC(F)(F)C3)ccc2C(=O)O)cc1.